The van der Waals surface area contributed by atoms with Gasteiger partial charge < -0.3 is 10.2 Å². The average molecular weight is 218 g/mol. The summed E-state index contributed by atoms with van der Waals surface area (Å²) in [6.45, 7) is 0.897. The first-order valence-electron chi connectivity index (χ1n) is 5.68. The van der Waals surface area contributed by atoms with Crippen LogP contribution in [0.3, 0.4) is 0 Å². The zero-order valence-electron chi connectivity index (χ0n) is 9.81. The fraction of sp³-hybridized carbons (Fsp3) is 0.462. The minimum atomic E-state index is -0.0137. The summed E-state index contributed by atoms with van der Waals surface area (Å²) in [6, 6.07) is 10.4. The lowest BCUT2D eigenvalue weighted by molar-refractivity contribution is -0.130. The molecule has 1 N–H and O–H groups in total. The number of hydrogen-bond donors (Lipinski definition) is 1. The number of nitrogens with one attached hydrogen (secondary N) is 1. The molecule has 0 radical (unpaired) electrons. The Balaban J connectivity index is 2.01. The second-order valence-corrected chi connectivity index (χ2v) is 4.54. The Morgan fingerprint density at radius 3 is 2.62 bits per heavy atom. The Morgan fingerprint density at radius 2 is 2.00 bits per heavy atom. The Labute approximate surface area is 96.5 Å². The Hall–Kier alpha value is -1.35. The average Bonchev–Trinajstić information content (AvgIpc) is 2.78. The van der Waals surface area contributed by atoms with Gasteiger partial charge >= 0.3 is 0 Å². The van der Waals surface area contributed by atoms with Gasteiger partial charge in [0.25, 0.3) is 0 Å². The molecule has 0 aromatic heterocycles. The van der Waals surface area contributed by atoms with Gasteiger partial charge in [-0.2, -0.15) is 0 Å². The third-order valence-corrected chi connectivity index (χ3v) is 3.14. The normalized spacial score (nSPS) is 24.4. The van der Waals surface area contributed by atoms with Gasteiger partial charge in [0.2, 0.25) is 5.91 Å². The van der Waals surface area contributed by atoms with Crippen LogP contribution in [0.15, 0.2) is 30.3 Å². The van der Waals surface area contributed by atoms with E-state index in [-0.39, 0.29) is 11.9 Å². The van der Waals surface area contributed by atoms with Crippen LogP contribution in [-0.2, 0) is 4.79 Å². The summed E-state index contributed by atoms with van der Waals surface area (Å²) in [5.74, 6) is 0.647. The molecule has 1 fully saturated rings. The van der Waals surface area contributed by atoms with E-state index in [4.69, 9.17) is 0 Å². The predicted octanol–water partition coefficient (Wildman–Crippen LogP) is 1.22. The molecule has 1 amide bonds. The van der Waals surface area contributed by atoms with Gasteiger partial charge in [-0.25, -0.2) is 0 Å². The van der Waals surface area contributed by atoms with Crippen LogP contribution >= 0.6 is 0 Å². The maximum absolute atomic E-state index is 11.8. The van der Waals surface area contributed by atoms with Crippen molar-refractivity contribution in [3.05, 3.63) is 35.9 Å². The molecule has 0 spiro atoms. The van der Waals surface area contributed by atoms with Crippen molar-refractivity contribution in [2.24, 2.45) is 0 Å². The van der Waals surface area contributed by atoms with E-state index >= 15 is 0 Å². The molecule has 0 unspecified atom stereocenters. The smallest absolute Gasteiger partial charge is 0.239 e. The molecule has 3 nitrogen and oxygen atoms in total. The van der Waals surface area contributed by atoms with E-state index in [0.717, 1.165) is 13.0 Å². The second-order valence-electron chi connectivity index (χ2n) is 4.54. The summed E-state index contributed by atoms with van der Waals surface area (Å²) in [6.07, 6.45) is 0.904. The molecule has 2 atom stereocenters. The molecule has 1 aromatic rings. The number of carbonyl (C=O) groups excluding carboxylic acids is 1. The quantitative estimate of drug-likeness (QED) is 0.809. The van der Waals surface area contributed by atoms with Gasteiger partial charge in [-0.1, -0.05) is 30.3 Å². The zero-order valence-corrected chi connectivity index (χ0v) is 9.81. The van der Waals surface area contributed by atoms with E-state index in [1.807, 2.05) is 6.07 Å². The van der Waals surface area contributed by atoms with Crippen LogP contribution in [0, 0.1) is 0 Å². The summed E-state index contributed by atoms with van der Waals surface area (Å²) < 4.78 is 0. The Bertz CT molecular complexity index is 361. The largest absolute Gasteiger partial charge is 0.347 e. The first kappa shape index (κ1) is 11.1. The monoisotopic (exact) mass is 218 g/mol. The van der Waals surface area contributed by atoms with Crippen molar-refractivity contribution >= 4 is 5.91 Å². The second kappa shape index (κ2) is 4.66. The van der Waals surface area contributed by atoms with Crippen LogP contribution in [0.4, 0.5) is 0 Å². The van der Waals surface area contributed by atoms with Gasteiger partial charge in [0.1, 0.15) is 0 Å². The van der Waals surface area contributed by atoms with Crippen LogP contribution in [0.1, 0.15) is 17.9 Å². The van der Waals surface area contributed by atoms with Crippen molar-refractivity contribution in [3.63, 3.8) is 0 Å². The number of likely N-dealkylation sites (N-methyl/N-ethyl adjacent to an activating group) is 1. The lowest BCUT2D eigenvalue weighted by atomic mass is 9.96. The van der Waals surface area contributed by atoms with Crippen molar-refractivity contribution in [3.8, 4) is 0 Å². The molecule has 16 heavy (non-hydrogen) atoms. The maximum Gasteiger partial charge on any atom is 0.239 e. The van der Waals surface area contributed by atoms with Crippen molar-refractivity contribution in [1.29, 1.82) is 0 Å². The van der Waals surface area contributed by atoms with E-state index < -0.39 is 0 Å². The Kier molecular flexibility index (Phi) is 3.25. The van der Waals surface area contributed by atoms with Crippen LogP contribution in [0.25, 0.3) is 0 Å². The van der Waals surface area contributed by atoms with E-state index in [9.17, 15) is 4.79 Å². The molecule has 3 heteroatoms. The summed E-state index contributed by atoms with van der Waals surface area (Å²) in [5.41, 5.74) is 1.32. The minimum absolute atomic E-state index is 0.0137. The van der Waals surface area contributed by atoms with Gasteiger partial charge in [-0.3, -0.25) is 4.79 Å². The zero-order chi connectivity index (χ0) is 11.5. The number of benzene rings is 1. The number of hydrogen-bond acceptors (Lipinski definition) is 2. The minimum Gasteiger partial charge on any atom is -0.347 e. The van der Waals surface area contributed by atoms with E-state index in [1.54, 1.807) is 19.0 Å². The van der Waals surface area contributed by atoms with Crippen LogP contribution in [0.2, 0.25) is 0 Å². The molecule has 86 valence electrons. The Morgan fingerprint density at radius 1 is 1.31 bits per heavy atom. The van der Waals surface area contributed by atoms with Crippen molar-refractivity contribution in [1.82, 2.24) is 10.2 Å². The van der Waals surface area contributed by atoms with Crippen LogP contribution in [-0.4, -0.2) is 37.5 Å². The van der Waals surface area contributed by atoms with Crippen molar-refractivity contribution in [2.75, 3.05) is 20.6 Å². The van der Waals surface area contributed by atoms with Crippen molar-refractivity contribution in [2.45, 2.75) is 18.4 Å². The summed E-state index contributed by atoms with van der Waals surface area (Å²) in [5, 5.41) is 3.30. The molecule has 0 aliphatic carbocycles. The van der Waals surface area contributed by atoms with Gasteiger partial charge in [0.05, 0.1) is 6.04 Å². The molecule has 1 aromatic carbocycles. The SMILES string of the molecule is CN(C)C(=O)[C@@H]1C[C@@H](c2ccccc2)CN1. The fourth-order valence-electron chi connectivity index (χ4n) is 2.21. The predicted molar refractivity (Wildman–Crippen MR) is 64.3 cm³/mol. The first-order valence-corrected chi connectivity index (χ1v) is 5.68. The van der Waals surface area contributed by atoms with Gasteiger partial charge in [-0.05, 0) is 17.9 Å². The number of amides is 1. The van der Waals surface area contributed by atoms with Gasteiger partial charge in [0, 0.05) is 20.6 Å². The van der Waals surface area contributed by atoms with Crippen LogP contribution < -0.4 is 5.32 Å². The summed E-state index contributed by atoms with van der Waals surface area (Å²) >= 11 is 0. The van der Waals surface area contributed by atoms with Gasteiger partial charge in [0.15, 0.2) is 0 Å². The lowest BCUT2D eigenvalue weighted by Gasteiger charge is -2.16. The highest BCUT2D eigenvalue weighted by Gasteiger charge is 2.30. The third-order valence-electron chi connectivity index (χ3n) is 3.14. The maximum atomic E-state index is 11.8. The summed E-state index contributed by atoms with van der Waals surface area (Å²) in [7, 11) is 3.61. The molecule has 0 saturated carbocycles. The molecule has 1 saturated heterocycles. The van der Waals surface area contributed by atoms with Crippen LogP contribution in [0.5, 0.6) is 0 Å². The number of rotatable bonds is 2. The molecular formula is C13H18N2O. The molecule has 1 aliphatic rings. The number of nitrogens with zero attached hydrogens (tertiary/aromatic N) is 1. The van der Waals surface area contributed by atoms with E-state index in [2.05, 4.69) is 29.6 Å². The first-order chi connectivity index (χ1) is 7.68. The third kappa shape index (κ3) is 2.25. The molecule has 1 heterocycles. The van der Waals surface area contributed by atoms with E-state index in [1.165, 1.54) is 5.56 Å². The summed E-state index contributed by atoms with van der Waals surface area (Å²) in [4.78, 5) is 13.4. The lowest BCUT2D eigenvalue weighted by Crippen LogP contribution is -2.39. The fourth-order valence-corrected chi connectivity index (χ4v) is 2.21. The molecule has 0 bridgehead atoms. The highest BCUT2D eigenvalue weighted by molar-refractivity contribution is 5.81. The van der Waals surface area contributed by atoms with Crippen molar-refractivity contribution < 1.29 is 4.79 Å². The highest BCUT2D eigenvalue weighted by atomic mass is 16.2. The molecular weight excluding hydrogens is 200 g/mol. The highest BCUT2D eigenvalue weighted by Crippen LogP contribution is 2.25. The van der Waals surface area contributed by atoms with Gasteiger partial charge in [-0.15, -0.1) is 0 Å². The number of carbonyl (C=O) groups is 1. The standard InChI is InChI=1S/C13H18N2O/c1-15(2)13(16)12-8-11(9-14-12)10-6-4-3-5-7-10/h3-7,11-12,14H,8-9H2,1-2H3/t11-,12+/m1/s1. The molecule has 1 aliphatic heterocycles. The molecule has 2 rings (SSSR count). The van der Waals surface area contributed by atoms with E-state index in [0.29, 0.717) is 5.92 Å². The topological polar surface area (TPSA) is 32.3 Å².